The molecule has 0 amide bonds. The van der Waals surface area contributed by atoms with Crippen LogP contribution in [-0.2, 0) is 0 Å². The average Bonchev–Trinajstić information content (AvgIpc) is 2.37. The molecule has 1 aliphatic carbocycles. The summed E-state index contributed by atoms with van der Waals surface area (Å²) in [7, 11) is -1.08. The molecule has 1 aliphatic rings. The van der Waals surface area contributed by atoms with E-state index in [0.717, 1.165) is 31.6 Å². The van der Waals surface area contributed by atoms with Crippen LogP contribution in [0.4, 0.5) is 0 Å². The summed E-state index contributed by atoms with van der Waals surface area (Å²) < 4.78 is 0. The fraction of sp³-hybridized carbons (Fsp3) is 1.00. The van der Waals surface area contributed by atoms with Gasteiger partial charge >= 0.3 is 7.12 Å². The van der Waals surface area contributed by atoms with Gasteiger partial charge in [-0.15, -0.1) is 0 Å². The Kier molecular flexibility index (Phi) is 23.1. The highest BCUT2D eigenvalue weighted by Crippen LogP contribution is 2.32. The Labute approximate surface area is 104 Å². The van der Waals surface area contributed by atoms with Crippen molar-refractivity contribution in [3.8, 4) is 0 Å². The predicted molar refractivity (Wildman–Crippen MR) is 75.6 cm³/mol. The van der Waals surface area contributed by atoms with Crippen LogP contribution in [0.5, 0.6) is 0 Å². The summed E-state index contributed by atoms with van der Waals surface area (Å²) in [6.45, 7) is 14.2. The summed E-state index contributed by atoms with van der Waals surface area (Å²) in [6.07, 6.45) is 4.28. The van der Waals surface area contributed by atoms with Gasteiger partial charge in [0.15, 0.2) is 0 Å². The lowest BCUT2D eigenvalue weighted by Crippen LogP contribution is -2.24. The van der Waals surface area contributed by atoms with Crippen LogP contribution in [0.1, 0.15) is 74.1 Å². The van der Waals surface area contributed by atoms with Crippen molar-refractivity contribution < 1.29 is 10.0 Å². The van der Waals surface area contributed by atoms with Crippen LogP contribution < -0.4 is 0 Å². The largest absolute Gasteiger partial charge is 0.454 e. The van der Waals surface area contributed by atoms with Crippen LogP contribution in [0.3, 0.4) is 0 Å². The summed E-state index contributed by atoms with van der Waals surface area (Å²) in [5.74, 6) is 0.936. The first kappa shape index (κ1) is 21.3. The molecule has 0 bridgehead atoms. The van der Waals surface area contributed by atoms with Gasteiger partial charge in [-0.25, -0.2) is 0 Å². The second-order valence-corrected chi connectivity index (χ2v) is 3.43. The van der Waals surface area contributed by atoms with Gasteiger partial charge in [-0.3, -0.25) is 0 Å². The van der Waals surface area contributed by atoms with Gasteiger partial charge in [-0.2, -0.15) is 0 Å². The molecule has 0 saturated heterocycles. The van der Waals surface area contributed by atoms with E-state index in [-0.39, 0.29) is 5.82 Å². The van der Waals surface area contributed by atoms with Crippen LogP contribution in [0.25, 0.3) is 0 Å². The quantitative estimate of drug-likeness (QED) is 0.667. The molecule has 16 heavy (non-hydrogen) atoms. The van der Waals surface area contributed by atoms with Gasteiger partial charge in [0.25, 0.3) is 0 Å². The van der Waals surface area contributed by atoms with Gasteiger partial charge < -0.3 is 10.0 Å². The van der Waals surface area contributed by atoms with Gasteiger partial charge in [0.1, 0.15) is 0 Å². The minimum Gasteiger partial charge on any atom is -0.427 e. The number of hydrogen-bond donors (Lipinski definition) is 2. The molecule has 0 aromatic carbocycles. The lowest BCUT2D eigenvalue weighted by Gasteiger charge is -2.24. The second-order valence-electron chi connectivity index (χ2n) is 3.43. The smallest absolute Gasteiger partial charge is 0.427 e. The molecule has 0 heterocycles. The molecule has 0 unspecified atom stereocenters. The van der Waals surface area contributed by atoms with E-state index in [1.165, 1.54) is 0 Å². The van der Waals surface area contributed by atoms with Gasteiger partial charge in [0.2, 0.25) is 0 Å². The Balaban J connectivity index is -0.000000245. The molecule has 0 atom stereocenters. The average molecular weight is 232 g/mol. The summed E-state index contributed by atoms with van der Waals surface area (Å²) in [5, 5.41) is 17.6. The zero-order valence-electron chi connectivity index (χ0n) is 12.5. The van der Waals surface area contributed by atoms with Crippen molar-refractivity contribution >= 4 is 7.12 Å². The zero-order chi connectivity index (χ0) is 13.6. The third kappa shape index (κ3) is 12.1. The van der Waals surface area contributed by atoms with Crippen LogP contribution in [0, 0.1) is 5.92 Å². The second kappa shape index (κ2) is 17.4. The van der Waals surface area contributed by atoms with E-state index in [9.17, 15) is 0 Å². The lowest BCUT2D eigenvalue weighted by molar-refractivity contribution is 0.317. The Morgan fingerprint density at radius 1 is 0.750 bits per heavy atom. The van der Waals surface area contributed by atoms with Crippen molar-refractivity contribution in [2.45, 2.75) is 80.0 Å². The topological polar surface area (TPSA) is 40.5 Å². The van der Waals surface area contributed by atoms with Crippen molar-refractivity contribution in [3.63, 3.8) is 0 Å². The van der Waals surface area contributed by atoms with Gasteiger partial charge in [-0.05, 0) is 11.7 Å². The van der Waals surface area contributed by atoms with Gasteiger partial charge in [-0.1, -0.05) is 74.1 Å². The van der Waals surface area contributed by atoms with E-state index in [2.05, 4.69) is 6.92 Å². The molecule has 3 heteroatoms. The standard InChI is InChI=1S/C7H15BO2.3C2H6/c1-6-2-4-7(5-3-6)8(9)10;3*1-2/h6-7,9-10H,2-5H2,1H3;3*1-2H3. The molecule has 1 rings (SSSR count). The molecule has 0 spiro atoms. The Bertz CT molecular complexity index is 100. The van der Waals surface area contributed by atoms with Crippen molar-refractivity contribution in [1.82, 2.24) is 0 Å². The van der Waals surface area contributed by atoms with E-state index in [4.69, 9.17) is 10.0 Å². The van der Waals surface area contributed by atoms with E-state index in [1.54, 1.807) is 0 Å². The highest BCUT2D eigenvalue weighted by atomic mass is 16.4. The predicted octanol–water partition coefficient (Wildman–Crippen LogP) is 4.12. The van der Waals surface area contributed by atoms with E-state index >= 15 is 0 Å². The van der Waals surface area contributed by atoms with Gasteiger partial charge in [0.05, 0.1) is 0 Å². The molecule has 1 fully saturated rings. The minimum absolute atomic E-state index is 0.149. The Hall–Kier alpha value is -0.0151. The summed E-state index contributed by atoms with van der Waals surface area (Å²) in [6, 6.07) is 0. The summed E-state index contributed by atoms with van der Waals surface area (Å²) in [4.78, 5) is 0. The molecule has 0 aliphatic heterocycles. The first-order chi connectivity index (χ1) is 7.70. The fourth-order valence-electron chi connectivity index (χ4n) is 1.58. The van der Waals surface area contributed by atoms with E-state index < -0.39 is 7.12 Å². The third-order valence-electron chi connectivity index (χ3n) is 2.48. The summed E-state index contributed by atoms with van der Waals surface area (Å²) in [5.41, 5.74) is 0. The molecule has 2 nitrogen and oxygen atoms in total. The molecule has 2 N–H and O–H groups in total. The zero-order valence-corrected chi connectivity index (χ0v) is 12.5. The first-order valence-corrected chi connectivity index (χ1v) is 7.06. The van der Waals surface area contributed by atoms with Gasteiger partial charge in [0, 0.05) is 0 Å². The molecule has 1 saturated carbocycles. The molecule has 0 radical (unpaired) electrons. The van der Waals surface area contributed by atoms with Crippen LogP contribution >= 0.6 is 0 Å². The fourth-order valence-corrected chi connectivity index (χ4v) is 1.58. The maximum Gasteiger partial charge on any atom is 0.454 e. The number of rotatable bonds is 1. The monoisotopic (exact) mass is 232 g/mol. The van der Waals surface area contributed by atoms with Crippen LogP contribution in [0.2, 0.25) is 5.82 Å². The Morgan fingerprint density at radius 2 is 1.06 bits per heavy atom. The lowest BCUT2D eigenvalue weighted by atomic mass is 9.63. The molecule has 100 valence electrons. The van der Waals surface area contributed by atoms with Crippen molar-refractivity contribution in [2.75, 3.05) is 0 Å². The van der Waals surface area contributed by atoms with Crippen LogP contribution in [-0.4, -0.2) is 17.2 Å². The molecule has 0 aromatic heterocycles. The maximum absolute atomic E-state index is 8.82. The highest BCUT2D eigenvalue weighted by molar-refractivity contribution is 6.43. The maximum atomic E-state index is 8.82. The molecular formula is C13H33BO2. The first-order valence-electron chi connectivity index (χ1n) is 7.06. The normalized spacial score (nSPS) is 22.3. The number of hydrogen-bond acceptors (Lipinski definition) is 2. The Morgan fingerprint density at radius 3 is 1.31 bits per heavy atom. The van der Waals surface area contributed by atoms with Crippen molar-refractivity contribution in [3.05, 3.63) is 0 Å². The van der Waals surface area contributed by atoms with E-state index in [1.807, 2.05) is 41.5 Å². The van der Waals surface area contributed by atoms with Crippen LogP contribution in [0.15, 0.2) is 0 Å². The molecule has 0 aromatic rings. The minimum atomic E-state index is -1.08. The van der Waals surface area contributed by atoms with Crippen molar-refractivity contribution in [1.29, 1.82) is 0 Å². The SMILES string of the molecule is CC.CC.CC.CC1CCC(B(O)O)CC1. The van der Waals surface area contributed by atoms with Crippen molar-refractivity contribution in [2.24, 2.45) is 5.92 Å². The van der Waals surface area contributed by atoms with E-state index in [0.29, 0.717) is 0 Å². The molecular weight excluding hydrogens is 199 g/mol. The highest BCUT2D eigenvalue weighted by Gasteiger charge is 2.27. The summed E-state index contributed by atoms with van der Waals surface area (Å²) >= 11 is 0. The third-order valence-corrected chi connectivity index (χ3v) is 2.48.